The van der Waals surface area contributed by atoms with Crippen LogP contribution in [-0.4, -0.2) is 16.0 Å². The summed E-state index contributed by atoms with van der Waals surface area (Å²) in [7, 11) is 0. The first-order chi connectivity index (χ1) is 13.5. The van der Waals surface area contributed by atoms with Crippen LogP contribution in [0.25, 0.3) is 0 Å². The van der Waals surface area contributed by atoms with E-state index in [0.29, 0.717) is 18.9 Å². The molecule has 2 aliphatic rings. The molecule has 2 aromatic carbocycles. The second-order valence-corrected chi connectivity index (χ2v) is 9.89. The van der Waals surface area contributed by atoms with Crippen molar-refractivity contribution in [3.05, 3.63) is 65.2 Å². The maximum absolute atomic E-state index is 12.4. The normalized spacial score (nSPS) is 25.5. The summed E-state index contributed by atoms with van der Waals surface area (Å²) in [6.07, 6.45) is 2.51. The Labute approximate surface area is 171 Å². The second kappa shape index (κ2) is 7.92. The van der Waals surface area contributed by atoms with Gasteiger partial charge < -0.3 is 9.47 Å². The van der Waals surface area contributed by atoms with E-state index in [1.54, 1.807) is 11.8 Å². The fourth-order valence-corrected chi connectivity index (χ4v) is 5.81. The lowest BCUT2D eigenvalue weighted by molar-refractivity contribution is -0.132. The van der Waals surface area contributed by atoms with Gasteiger partial charge in [-0.05, 0) is 35.6 Å². The van der Waals surface area contributed by atoms with Crippen LogP contribution < -0.4 is 4.74 Å². The summed E-state index contributed by atoms with van der Waals surface area (Å²) < 4.78 is 12.6. The van der Waals surface area contributed by atoms with Crippen LogP contribution in [0.4, 0.5) is 0 Å². The van der Waals surface area contributed by atoms with Gasteiger partial charge in [-0.1, -0.05) is 63.2 Å². The topological polar surface area (TPSA) is 35.5 Å². The monoisotopic (exact) mass is 396 g/mol. The second-order valence-electron chi connectivity index (χ2n) is 8.17. The Bertz CT molecular complexity index is 846. The van der Waals surface area contributed by atoms with E-state index in [1.165, 1.54) is 11.1 Å². The summed E-state index contributed by atoms with van der Waals surface area (Å²) in [6.45, 7) is 6.99. The Morgan fingerprint density at radius 1 is 1.18 bits per heavy atom. The average Bonchev–Trinajstić information content (AvgIpc) is 2.71. The van der Waals surface area contributed by atoms with Crippen molar-refractivity contribution in [3.8, 4) is 5.75 Å². The van der Waals surface area contributed by atoms with Crippen molar-refractivity contribution in [1.82, 2.24) is 0 Å². The Kier molecular flexibility index (Phi) is 5.52. The molecule has 1 fully saturated rings. The minimum absolute atomic E-state index is 0.0109. The van der Waals surface area contributed by atoms with E-state index in [4.69, 9.17) is 9.47 Å². The molecule has 0 bridgehead atoms. The minimum atomic E-state index is -0.374. The molecule has 3 atom stereocenters. The number of ether oxygens (including phenoxy) is 2. The highest BCUT2D eigenvalue weighted by atomic mass is 32.2. The van der Waals surface area contributed by atoms with Crippen molar-refractivity contribution in [1.29, 1.82) is 0 Å². The van der Waals surface area contributed by atoms with E-state index < -0.39 is 0 Å². The molecule has 0 saturated carbocycles. The lowest BCUT2D eigenvalue weighted by atomic mass is 9.75. The molecule has 0 amide bonds. The number of hydrogen-bond acceptors (Lipinski definition) is 4. The van der Waals surface area contributed by atoms with Crippen LogP contribution in [0.5, 0.6) is 5.75 Å². The predicted molar refractivity (Wildman–Crippen MR) is 114 cm³/mol. The van der Waals surface area contributed by atoms with Gasteiger partial charge in [0.25, 0.3) is 0 Å². The molecular weight excluding hydrogens is 368 g/mol. The highest BCUT2D eigenvalue weighted by molar-refractivity contribution is 8.01. The maximum atomic E-state index is 12.4. The van der Waals surface area contributed by atoms with E-state index >= 15 is 0 Å². The van der Waals surface area contributed by atoms with Crippen molar-refractivity contribution in [3.63, 3.8) is 0 Å². The molecule has 0 unspecified atom stereocenters. The number of ketones is 1. The average molecular weight is 397 g/mol. The number of carbonyl (C=O) groups excluding carboxylic acids is 1. The highest BCUT2D eigenvalue weighted by Crippen LogP contribution is 2.55. The summed E-state index contributed by atoms with van der Waals surface area (Å²) in [5.41, 5.74) is 3.23. The number of carbonyl (C=O) groups is 1. The largest absolute Gasteiger partial charge is 0.489 e. The molecule has 0 radical (unpaired) electrons. The number of rotatable bonds is 5. The zero-order valence-corrected chi connectivity index (χ0v) is 17.6. The molecule has 0 N–H and O–H groups in total. The van der Waals surface area contributed by atoms with Crippen molar-refractivity contribution in [2.24, 2.45) is 5.92 Å². The van der Waals surface area contributed by atoms with E-state index in [2.05, 4.69) is 44.2 Å². The van der Waals surface area contributed by atoms with E-state index in [0.717, 1.165) is 24.2 Å². The summed E-state index contributed by atoms with van der Waals surface area (Å²) in [6, 6.07) is 16.5. The van der Waals surface area contributed by atoms with E-state index in [-0.39, 0.29) is 22.1 Å². The van der Waals surface area contributed by atoms with Gasteiger partial charge in [-0.25, -0.2) is 0 Å². The molecule has 1 aliphatic heterocycles. The lowest BCUT2D eigenvalue weighted by Gasteiger charge is -2.49. The van der Waals surface area contributed by atoms with Gasteiger partial charge in [0.1, 0.15) is 12.4 Å². The van der Waals surface area contributed by atoms with Crippen molar-refractivity contribution in [2.45, 2.75) is 62.9 Å². The molecule has 28 heavy (non-hydrogen) atoms. The molecule has 1 saturated heterocycles. The van der Waals surface area contributed by atoms with Crippen LogP contribution in [-0.2, 0) is 22.6 Å². The van der Waals surface area contributed by atoms with Gasteiger partial charge >= 0.3 is 0 Å². The zero-order chi connectivity index (χ0) is 19.7. The van der Waals surface area contributed by atoms with Crippen molar-refractivity contribution >= 4 is 17.5 Å². The molecule has 2 aromatic rings. The van der Waals surface area contributed by atoms with Gasteiger partial charge in [-0.2, -0.15) is 0 Å². The van der Waals surface area contributed by atoms with Crippen LogP contribution in [0.2, 0.25) is 0 Å². The Hall–Kier alpha value is -1.78. The number of hydrogen-bond donors (Lipinski definition) is 0. The van der Waals surface area contributed by atoms with Gasteiger partial charge in [-0.15, -0.1) is 11.8 Å². The summed E-state index contributed by atoms with van der Waals surface area (Å²) >= 11 is 1.69. The molecule has 3 nitrogen and oxygen atoms in total. The number of thioether (sulfide) groups is 1. The summed E-state index contributed by atoms with van der Waals surface area (Å²) in [4.78, 5) is 12.4. The van der Waals surface area contributed by atoms with Crippen molar-refractivity contribution < 1.29 is 14.3 Å². The third-order valence-electron chi connectivity index (χ3n) is 5.97. The van der Waals surface area contributed by atoms with Gasteiger partial charge in [0.15, 0.2) is 11.2 Å². The van der Waals surface area contributed by atoms with Gasteiger partial charge in [-0.3, -0.25) is 4.79 Å². The summed E-state index contributed by atoms with van der Waals surface area (Å²) in [5.74, 6) is 1.52. The summed E-state index contributed by atoms with van der Waals surface area (Å²) in [5, 5.41) is 0. The zero-order valence-electron chi connectivity index (χ0n) is 16.8. The maximum Gasteiger partial charge on any atom is 0.171 e. The standard InChI is InChI=1S/C24H28O3S/c1-4-20(25)23-27-22-18-11-8-12-21(26-15-16-9-6-5-7-10-16)17(18)13-14-19(22)24(2,3)28-23/h5-12,19,22-23H,4,13-15H2,1-3H3/t19-,22+,23+/m0/s1. The van der Waals surface area contributed by atoms with Gasteiger partial charge in [0.2, 0.25) is 0 Å². The Morgan fingerprint density at radius 3 is 2.71 bits per heavy atom. The number of fused-ring (bicyclic) bond motifs is 3. The van der Waals surface area contributed by atoms with E-state index in [1.807, 2.05) is 25.1 Å². The molecule has 1 aliphatic carbocycles. The first-order valence-corrected chi connectivity index (χ1v) is 11.0. The van der Waals surface area contributed by atoms with Gasteiger partial charge in [0, 0.05) is 17.1 Å². The van der Waals surface area contributed by atoms with Crippen LogP contribution in [0.15, 0.2) is 48.5 Å². The molecule has 4 heteroatoms. The Balaban J connectivity index is 1.61. The van der Waals surface area contributed by atoms with E-state index in [9.17, 15) is 4.79 Å². The number of Topliss-reactive ketones (excluding diaryl/α,β-unsaturated/α-hetero) is 1. The van der Waals surface area contributed by atoms with Gasteiger partial charge in [0.05, 0.1) is 6.10 Å². The quantitative estimate of drug-likeness (QED) is 0.648. The molecule has 1 heterocycles. The SMILES string of the molecule is CCC(=O)[C@@H]1O[C@@H]2c3cccc(OCc4ccccc4)c3CC[C@@H]2C(C)(C)S1. The fourth-order valence-electron chi connectivity index (χ4n) is 4.37. The third kappa shape index (κ3) is 3.72. The molecule has 0 aromatic heterocycles. The van der Waals surface area contributed by atoms with Crippen LogP contribution in [0, 0.1) is 5.92 Å². The highest BCUT2D eigenvalue weighted by Gasteiger charge is 2.48. The van der Waals surface area contributed by atoms with Crippen LogP contribution in [0.3, 0.4) is 0 Å². The predicted octanol–water partition coefficient (Wildman–Crippen LogP) is 5.72. The first-order valence-electron chi connectivity index (χ1n) is 10.1. The third-order valence-corrected chi connectivity index (χ3v) is 7.47. The number of benzene rings is 2. The lowest BCUT2D eigenvalue weighted by Crippen LogP contribution is -2.46. The molecule has 0 spiro atoms. The molecule has 4 rings (SSSR count). The smallest absolute Gasteiger partial charge is 0.171 e. The van der Waals surface area contributed by atoms with Crippen LogP contribution >= 0.6 is 11.8 Å². The first kappa shape index (κ1) is 19.5. The Morgan fingerprint density at radius 2 is 1.96 bits per heavy atom. The van der Waals surface area contributed by atoms with Crippen LogP contribution in [0.1, 0.15) is 56.4 Å². The van der Waals surface area contributed by atoms with Crippen molar-refractivity contribution in [2.75, 3.05) is 0 Å². The minimum Gasteiger partial charge on any atom is -0.489 e. The molecular formula is C24H28O3S. The fraction of sp³-hybridized carbons (Fsp3) is 0.458. The molecule has 148 valence electrons.